The molecule has 0 aliphatic rings. The van der Waals surface area contributed by atoms with Crippen molar-refractivity contribution in [3.8, 4) is 5.75 Å². The van der Waals surface area contributed by atoms with Gasteiger partial charge in [-0.2, -0.15) is 0 Å². The molecule has 3 N–H and O–H groups in total. The molecule has 2 aromatic rings. The summed E-state index contributed by atoms with van der Waals surface area (Å²) < 4.78 is 45.0. The first-order chi connectivity index (χ1) is 10.0. The van der Waals surface area contributed by atoms with Crippen LogP contribution in [0, 0.1) is 17.5 Å². The summed E-state index contributed by atoms with van der Waals surface area (Å²) >= 11 is 0. The highest BCUT2D eigenvalue weighted by Crippen LogP contribution is 2.24. The molecule has 1 unspecified atom stereocenters. The van der Waals surface area contributed by atoms with Crippen molar-refractivity contribution in [2.24, 2.45) is 5.73 Å². The second-order valence-corrected chi connectivity index (χ2v) is 4.45. The average Bonchev–Trinajstić information content (AvgIpc) is 2.49. The van der Waals surface area contributed by atoms with Crippen molar-refractivity contribution in [1.29, 1.82) is 0 Å². The van der Waals surface area contributed by atoms with Crippen molar-refractivity contribution >= 4 is 5.69 Å². The number of hydrogen-bond acceptors (Lipinski definition) is 3. The molecule has 3 nitrogen and oxygen atoms in total. The van der Waals surface area contributed by atoms with E-state index in [-0.39, 0.29) is 12.1 Å². The summed E-state index contributed by atoms with van der Waals surface area (Å²) in [6, 6.07) is 7.54. The van der Waals surface area contributed by atoms with E-state index in [9.17, 15) is 13.2 Å². The monoisotopic (exact) mass is 296 g/mol. The number of hydrogen-bond donors (Lipinski definition) is 2. The first kappa shape index (κ1) is 15.2. The van der Waals surface area contributed by atoms with Crippen LogP contribution in [0.25, 0.3) is 0 Å². The summed E-state index contributed by atoms with van der Waals surface area (Å²) in [5.74, 6) is -2.51. The van der Waals surface area contributed by atoms with Gasteiger partial charge in [-0.15, -0.1) is 0 Å². The Balaban J connectivity index is 2.25. The van der Waals surface area contributed by atoms with Crippen LogP contribution in [-0.2, 0) is 0 Å². The number of benzene rings is 2. The number of ether oxygens (including phenoxy) is 1. The van der Waals surface area contributed by atoms with Crippen molar-refractivity contribution < 1.29 is 17.9 Å². The maximum atomic E-state index is 13.8. The molecule has 0 saturated heterocycles. The Hall–Kier alpha value is -2.21. The molecule has 0 bridgehead atoms. The molecule has 6 heteroatoms. The van der Waals surface area contributed by atoms with Crippen LogP contribution < -0.4 is 15.8 Å². The molecule has 21 heavy (non-hydrogen) atoms. The average molecular weight is 296 g/mol. The molecule has 1 atom stereocenters. The van der Waals surface area contributed by atoms with Crippen LogP contribution in [0.3, 0.4) is 0 Å². The number of anilines is 1. The fraction of sp³-hybridized carbons (Fsp3) is 0.200. The lowest BCUT2D eigenvalue weighted by atomic mass is 10.1. The molecular formula is C15H15F3N2O. The SMILES string of the molecule is COc1ccc(NC(CN)c2cc(F)c(F)cc2F)cc1. The zero-order valence-corrected chi connectivity index (χ0v) is 11.4. The first-order valence-electron chi connectivity index (χ1n) is 6.30. The van der Waals surface area contributed by atoms with Crippen LogP contribution in [0.15, 0.2) is 36.4 Å². The summed E-state index contributed by atoms with van der Waals surface area (Å²) in [6.45, 7) is 0.0218. The van der Waals surface area contributed by atoms with Crippen LogP contribution in [0.2, 0.25) is 0 Å². The molecule has 0 aromatic heterocycles. The Labute approximate surface area is 120 Å². The lowest BCUT2D eigenvalue weighted by Gasteiger charge is -2.19. The van der Waals surface area contributed by atoms with Gasteiger partial charge in [0, 0.05) is 23.9 Å². The van der Waals surface area contributed by atoms with Crippen LogP contribution in [-0.4, -0.2) is 13.7 Å². The zero-order valence-electron chi connectivity index (χ0n) is 11.4. The van der Waals surface area contributed by atoms with E-state index in [4.69, 9.17) is 10.5 Å². The van der Waals surface area contributed by atoms with Crippen molar-refractivity contribution in [1.82, 2.24) is 0 Å². The van der Waals surface area contributed by atoms with Crippen molar-refractivity contribution in [3.05, 3.63) is 59.4 Å². The molecule has 0 amide bonds. The lowest BCUT2D eigenvalue weighted by molar-refractivity contribution is 0.415. The van der Waals surface area contributed by atoms with Gasteiger partial charge in [-0.05, 0) is 30.3 Å². The van der Waals surface area contributed by atoms with Gasteiger partial charge in [-0.25, -0.2) is 13.2 Å². The van der Waals surface area contributed by atoms with Gasteiger partial charge in [0.1, 0.15) is 11.6 Å². The third-order valence-electron chi connectivity index (χ3n) is 3.08. The Morgan fingerprint density at radius 2 is 1.67 bits per heavy atom. The molecule has 0 fully saturated rings. The van der Waals surface area contributed by atoms with Crippen molar-refractivity contribution in [3.63, 3.8) is 0 Å². The second kappa shape index (κ2) is 6.49. The van der Waals surface area contributed by atoms with Gasteiger partial charge in [0.2, 0.25) is 0 Å². The zero-order chi connectivity index (χ0) is 15.4. The van der Waals surface area contributed by atoms with Gasteiger partial charge in [-0.3, -0.25) is 0 Å². The van der Waals surface area contributed by atoms with E-state index < -0.39 is 23.5 Å². The maximum absolute atomic E-state index is 13.8. The van der Waals surface area contributed by atoms with Gasteiger partial charge in [0.15, 0.2) is 11.6 Å². The fourth-order valence-corrected chi connectivity index (χ4v) is 1.96. The van der Waals surface area contributed by atoms with Gasteiger partial charge in [-0.1, -0.05) is 0 Å². The quantitative estimate of drug-likeness (QED) is 0.833. The first-order valence-corrected chi connectivity index (χ1v) is 6.30. The Bertz CT molecular complexity index is 617. The van der Waals surface area contributed by atoms with Crippen LogP contribution in [0.1, 0.15) is 11.6 Å². The summed E-state index contributed by atoms with van der Waals surface area (Å²) in [7, 11) is 1.54. The number of nitrogens with one attached hydrogen (secondary N) is 1. The topological polar surface area (TPSA) is 47.3 Å². The minimum Gasteiger partial charge on any atom is -0.497 e. The largest absolute Gasteiger partial charge is 0.497 e. The van der Waals surface area contributed by atoms with Gasteiger partial charge >= 0.3 is 0 Å². The molecule has 2 rings (SSSR count). The fourth-order valence-electron chi connectivity index (χ4n) is 1.96. The summed E-state index contributed by atoms with van der Waals surface area (Å²) in [4.78, 5) is 0. The highest BCUT2D eigenvalue weighted by atomic mass is 19.2. The molecule has 112 valence electrons. The molecule has 0 aliphatic heterocycles. The predicted octanol–water partition coefficient (Wildman–Crippen LogP) is 3.22. The molecule has 2 aromatic carbocycles. The third-order valence-corrected chi connectivity index (χ3v) is 3.08. The van der Waals surface area contributed by atoms with E-state index >= 15 is 0 Å². The van der Waals surface area contributed by atoms with Crippen LogP contribution >= 0.6 is 0 Å². The molecule has 0 radical (unpaired) electrons. The Morgan fingerprint density at radius 1 is 1.05 bits per heavy atom. The molecular weight excluding hydrogens is 281 g/mol. The van der Waals surface area contributed by atoms with E-state index in [1.54, 1.807) is 31.4 Å². The number of halogens is 3. The van der Waals surface area contributed by atoms with Crippen LogP contribution in [0.4, 0.5) is 18.9 Å². The van der Waals surface area contributed by atoms with Gasteiger partial charge in [0.05, 0.1) is 13.2 Å². The second-order valence-electron chi connectivity index (χ2n) is 4.45. The highest BCUT2D eigenvalue weighted by molar-refractivity contribution is 5.48. The van der Waals surface area contributed by atoms with Gasteiger partial charge < -0.3 is 15.8 Å². The maximum Gasteiger partial charge on any atom is 0.161 e. The Kier molecular flexibility index (Phi) is 4.70. The Morgan fingerprint density at radius 3 is 2.24 bits per heavy atom. The standard InChI is InChI=1S/C15H15F3N2O/c1-21-10-4-2-9(3-5-10)20-15(8-19)11-6-13(17)14(18)7-12(11)16/h2-7,15,20H,8,19H2,1H3. The minimum absolute atomic E-state index is 0.0211. The van der Waals surface area contributed by atoms with E-state index in [2.05, 4.69) is 5.32 Å². The summed E-state index contributed by atoms with van der Waals surface area (Å²) in [5.41, 5.74) is 6.24. The molecule has 0 heterocycles. The minimum atomic E-state index is -1.23. The van der Waals surface area contributed by atoms with E-state index in [1.165, 1.54) is 0 Å². The lowest BCUT2D eigenvalue weighted by Crippen LogP contribution is -2.22. The normalized spacial score (nSPS) is 12.0. The van der Waals surface area contributed by atoms with E-state index in [0.717, 1.165) is 6.07 Å². The third kappa shape index (κ3) is 3.46. The number of nitrogens with two attached hydrogens (primary N) is 1. The van der Waals surface area contributed by atoms with E-state index in [0.29, 0.717) is 17.5 Å². The van der Waals surface area contributed by atoms with Gasteiger partial charge in [0.25, 0.3) is 0 Å². The predicted molar refractivity (Wildman–Crippen MR) is 74.7 cm³/mol. The number of methoxy groups -OCH3 is 1. The number of rotatable bonds is 5. The van der Waals surface area contributed by atoms with Crippen LogP contribution in [0.5, 0.6) is 5.75 Å². The molecule has 0 aliphatic carbocycles. The highest BCUT2D eigenvalue weighted by Gasteiger charge is 2.18. The summed E-state index contributed by atoms with van der Waals surface area (Å²) in [5, 5.41) is 2.97. The van der Waals surface area contributed by atoms with Crippen molar-refractivity contribution in [2.75, 3.05) is 19.0 Å². The summed E-state index contributed by atoms with van der Waals surface area (Å²) in [6.07, 6.45) is 0. The molecule has 0 spiro atoms. The molecule has 0 saturated carbocycles. The smallest absolute Gasteiger partial charge is 0.161 e. The van der Waals surface area contributed by atoms with Crippen molar-refractivity contribution in [2.45, 2.75) is 6.04 Å². The van der Waals surface area contributed by atoms with E-state index in [1.807, 2.05) is 0 Å².